The van der Waals surface area contributed by atoms with Crippen molar-refractivity contribution in [3.63, 3.8) is 0 Å². The lowest BCUT2D eigenvalue weighted by atomic mass is 10.1. The molecule has 1 aromatic rings. The molecule has 5 nitrogen and oxygen atoms in total. The lowest BCUT2D eigenvalue weighted by Gasteiger charge is -2.23. The molecule has 0 aliphatic carbocycles. The van der Waals surface area contributed by atoms with Crippen molar-refractivity contribution < 1.29 is 14.2 Å². The van der Waals surface area contributed by atoms with Crippen LogP contribution in [0.1, 0.15) is 18.0 Å². The molecule has 0 fully saturated rings. The third-order valence-corrected chi connectivity index (χ3v) is 3.24. The fourth-order valence-corrected chi connectivity index (χ4v) is 2.13. The Morgan fingerprint density at radius 1 is 1.20 bits per heavy atom. The summed E-state index contributed by atoms with van der Waals surface area (Å²) < 4.78 is 15.6. The molecule has 0 spiro atoms. The van der Waals surface area contributed by atoms with E-state index in [0.29, 0.717) is 0 Å². The highest BCUT2D eigenvalue weighted by Crippen LogP contribution is 2.28. The minimum Gasteiger partial charge on any atom is -0.497 e. The number of hydrogen-bond donors (Lipinski definition) is 1. The molecule has 1 aromatic carbocycles. The molecule has 114 valence electrons. The molecule has 0 heterocycles. The van der Waals surface area contributed by atoms with Crippen LogP contribution < -0.4 is 15.2 Å². The topological polar surface area (TPSA) is 57.0 Å². The van der Waals surface area contributed by atoms with E-state index in [1.165, 1.54) is 0 Å². The zero-order valence-corrected chi connectivity index (χ0v) is 12.9. The lowest BCUT2D eigenvalue weighted by Crippen LogP contribution is -2.30. The Morgan fingerprint density at radius 2 is 1.95 bits per heavy atom. The number of ether oxygens (including phenoxy) is 3. The summed E-state index contributed by atoms with van der Waals surface area (Å²) >= 11 is 0. The van der Waals surface area contributed by atoms with Crippen molar-refractivity contribution in [2.75, 3.05) is 48.1 Å². The number of benzene rings is 1. The first kappa shape index (κ1) is 16.8. The molecule has 0 amide bonds. The Kier molecular flexibility index (Phi) is 7.36. The van der Waals surface area contributed by atoms with Gasteiger partial charge in [0.1, 0.15) is 11.5 Å². The second-order valence-electron chi connectivity index (χ2n) is 4.82. The molecule has 0 saturated heterocycles. The molecule has 1 rings (SSSR count). The van der Waals surface area contributed by atoms with Gasteiger partial charge < -0.3 is 24.8 Å². The molecule has 0 aliphatic rings. The summed E-state index contributed by atoms with van der Waals surface area (Å²) in [6, 6.07) is 5.64. The van der Waals surface area contributed by atoms with Crippen LogP contribution in [-0.2, 0) is 4.74 Å². The molecule has 0 aliphatic heterocycles. The Hall–Kier alpha value is -1.30. The van der Waals surface area contributed by atoms with Gasteiger partial charge in [0.2, 0.25) is 0 Å². The maximum absolute atomic E-state index is 6.27. The van der Waals surface area contributed by atoms with Crippen LogP contribution in [0.4, 0.5) is 0 Å². The predicted molar refractivity (Wildman–Crippen MR) is 80.5 cm³/mol. The third-order valence-electron chi connectivity index (χ3n) is 3.24. The number of nitrogens with two attached hydrogens (primary N) is 1. The molecule has 20 heavy (non-hydrogen) atoms. The second-order valence-corrected chi connectivity index (χ2v) is 4.82. The normalized spacial score (nSPS) is 12.5. The first-order valence-electron chi connectivity index (χ1n) is 6.77. The highest BCUT2D eigenvalue weighted by atomic mass is 16.5. The minimum atomic E-state index is -0.0941. The van der Waals surface area contributed by atoms with E-state index in [-0.39, 0.29) is 6.04 Å². The van der Waals surface area contributed by atoms with Crippen LogP contribution in [0, 0.1) is 0 Å². The summed E-state index contributed by atoms with van der Waals surface area (Å²) in [6.07, 6.45) is 0.999. The van der Waals surface area contributed by atoms with Crippen LogP contribution in [0.3, 0.4) is 0 Å². The van der Waals surface area contributed by atoms with Crippen molar-refractivity contribution in [2.24, 2.45) is 5.73 Å². The average Bonchev–Trinajstić information content (AvgIpc) is 2.46. The van der Waals surface area contributed by atoms with Crippen LogP contribution in [0.25, 0.3) is 0 Å². The summed E-state index contributed by atoms with van der Waals surface area (Å²) in [7, 11) is 7.06. The highest BCUT2D eigenvalue weighted by Gasteiger charge is 2.14. The maximum atomic E-state index is 6.27. The molecule has 0 aromatic heterocycles. The van der Waals surface area contributed by atoms with Crippen molar-refractivity contribution in [3.8, 4) is 11.5 Å². The van der Waals surface area contributed by atoms with Gasteiger partial charge >= 0.3 is 0 Å². The smallest absolute Gasteiger partial charge is 0.127 e. The van der Waals surface area contributed by atoms with Gasteiger partial charge in [-0.3, -0.25) is 0 Å². The van der Waals surface area contributed by atoms with Gasteiger partial charge in [0.25, 0.3) is 0 Å². The zero-order valence-electron chi connectivity index (χ0n) is 12.9. The fraction of sp³-hybridized carbons (Fsp3) is 0.600. The summed E-state index contributed by atoms with van der Waals surface area (Å²) in [6.45, 7) is 2.50. The lowest BCUT2D eigenvalue weighted by molar-refractivity contribution is 0.177. The van der Waals surface area contributed by atoms with Crippen molar-refractivity contribution in [2.45, 2.75) is 12.5 Å². The Balaban J connectivity index is 2.64. The molecule has 5 heteroatoms. The molecular formula is C15H26N2O3. The first-order valence-corrected chi connectivity index (χ1v) is 6.77. The van der Waals surface area contributed by atoms with Crippen molar-refractivity contribution in [1.29, 1.82) is 0 Å². The summed E-state index contributed by atoms with van der Waals surface area (Å²) in [5.41, 5.74) is 7.27. The van der Waals surface area contributed by atoms with Gasteiger partial charge in [0, 0.05) is 44.5 Å². The van der Waals surface area contributed by atoms with E-state index in [1.54, 1.807) is 21.3 Å². The molecular weight excluding hydrogens is 256 g/mol. The minimum absolute atomic E-state index is 0.0941. The SMILES string of the molecule is COCCCN(C)CC(N)c1ccc(OC)cc1OC. The van der Waals surface area contributed by atoms with Crippen LogP contribution in [0.5, 0.6) is 11.5 Å². The van der Waals surface area contributed by atoms with E-state index in [2.05, 4.69) is 11.9 Å². The van der Waals surface area contributed by atoms with E-state index < -0.39 is 0 Å². The van der Waals surface area contributed by atoms with Crippen LogP contribution in [0.15, 0.2) is 18.2 Å². The monoisotopic (exact) mass is 282 g/mol. The molecule has 2 N–H and O–H groups in total. The molecule has 0 bridgehead atoms. The summed E-state index contributed by atoms with van der Waals surface area (Å²) in [4.78, 5) is 2.20. The van der Waals surface area contributed by atoms with Gasteiger partial charge in [0.05, 0.1) is 14.2 Å². The Morgan fingerprint density at radius 3 is 2.55 bits per heavy atom. The highest BCUT2D eigenvalue weighted by molar-refractivity contribution is 5.42. The average molecular weight is 282 g/mol. The third kappa shape index (κ3) is 5.00. The Bertz CT molecular complexity index is 399. The van der Waals surface area contributed by atoms with Crippen molar-refractivity contribution in [3.05, 3.63) is 23.8 Å². The fourth-order valence-electron chi connectivity index (χ4n) is 2.13. The van der Waals surface area contributed by atoms with Crippen molar-refractivity contribution >= 4 is 0 Å². The maximum Gasteiger partial charge on any atom is 0.127 e. The van der Waals surface area contributed by atoms with Gasteiger partial charge in [0.15, 0.2) is 0 Å². The summed E-state index contributed by atoms with van der Waals surface area (Å²) in [5, 5.41) is 0. The van der Waals surface area contributed by atoms with E-state index in [0.717, 1.165) is 43.2 Å². The largest absolute Gasteiger partial charge is 0.497 e. The van der Waals surface area contributed by atoms with Crippen LogP contribution in [-0.4, -0.2) is 53.0 Å². The van der Waals surface area contributed by atoms with Gasteiger partial charge in [-0.05, 0) is 19.5 Å². The van der Waals surface area contributed by atoms with E-state index in [9.17, 15) is 0 Å². The summed E-state index contributed by atoms with van der Waals surface area (Å²) in [5.74, 6) is 1.54. The van der Waals surface area contributed by atoms with Crippen LogP contribution >= 0.6 is 0 Å². The number of rotatable bonds is 9. The second kappa shape index (κ2) is 8.79. The first-order chi connectivity index (χ1) is 9.62. The molecule has 0 radical (unpaired) electrons. The zero-order chi connectivity index (χ0) is 15.0. The number of likely N-dealkylation sites (N-methyl/N-ethyl adjacent to an activating group) is 1. The number of nitrogens with zero attached hydrogens (tertiary/aromatic N) is 1. The van der Waals surface area contributed by atoms with Gasteiger partial charge in [-0.25, -0.2) is 0 Å². The standard InChI is InChI=1S/C15H26N2O3/c1-17(8-5-9-18-2)11-14(16)13-7-6-12(19-3)10-15(13)20-4/h6-7,10,14H,5,8-9,11,16H2,1-4H3. The van der Waals surface area contributed by atoms with E-state index >= 15 is 0 Å². The van der Waals surface area contributed by atoms with Crippen molar-refractivity contribution in [1.82, 2.24) is 4.90 Å². The predicted octanol–water partition coefficient (Wildman–Crippen LogP) is 1.67. The quantitative estimate of drug-likeness (QED) is 0.698. The number of hydrogen-bond acceptors (Lipinski definition) is 5. The number of methoxy groups -OCH3 is 3. The van der Waals surface area contributed by atoms with E-state index in [1.807, 2.05) is 18.2 Å². The van der Waals surface area contributed by atoms with Crippen LogP contribution in [0.2, 0.25) is 0 Å². The van der Waals surface area contributed by atoms with Gasteiger partial charge in [-0.1, -0.05) is 6.07 Å². The molecule has 1 unspecified atom stereocenters. The Labute approximate surface area is 121 Å². The molecule has 0 saturated carbocycles. The molecule has 1 atom stereocenters. The van der Waals surface area contributed by atoms with Gasteiger partial charge in [-0.15, -0.1) is 0 Å². The van der Waals surface area contributed by atoms with E-state index in [4.69, 9.17) is 19.9 Å². The van der Waals surface area contributed by atoms with Gasteiger partial charge in [-0.2, -0.15) is 0 Å².